The SMILES string of the molecule is CS(C)(C)C#Cc1cc(Br)cnc1N. The third-order valence-corrected chi connectivity index (χ3v) is 2.53. The summed E-state index contributed by atoms with van der Waals surface area (Å²) in [5, 5.41) is 3.20. The number of nitrogens with zero attached hydrogens (tertiary/aromatic N) is 1. The quantitative estimate of drug-likeness (QED) is 0.737. The van der Waals surface area contributed by atoms with Crippen LogP contribution in [0, 0.1) is 11.2 Å². The van der Waals surface area contributed by atoms with E-state index in [2.05, 4.69) is 50.9 Å². The Balaban J connectivity index is 3.06. The monoisotopic (exact) mass is 272 g/mol. The fraction of sp³-hybridized carbons (Fsp3) is 0.300. The van der Waals surface area contributed by atoms with Gasteiger partial charge in [0.25, 0.3) is 0 Å². The van der Waals surface area contributed by atoms with Gasteiger partial charge in [-0.25, -0.2) is 4.98 Å². The Bertz CT molecular complexity index is 399. The van der Waals surface area contributed by atoms with Crippen molar-refractivity contribution in [2.45, 2.75) is 0 Å². The molecular weight excluding hydrogens is 260 g/mol. The predicted molar refractivity (Wildman–Crippen MR) is 68.6 cm³/mol. The minimum absolute atomic E-state index is 0.490. The average Bonchev–Trinajstić information content (AvgIpc) is 2.05. The summed E-state index contributed by atoms with van der Waals surface area (Å²) in [4.78, 5) is 4.02. The van der Waals surface area contributed by atoms with Crippen LogP contribution in [-0.4, -0.2) is 23.8 Å². The van der Waals surface area contributed by atoms with Gasteiger partial charge in [0.2, 0.25) is 0 Å². The van der Waals surface area contributed by atoms with Gasteiger partial charge >= 0.3 is 0 Å². The van der Waals surface area contributed by atoms with Crippen LogP contribution in [0.1, 0.15) is 5.56 Å². The van der Waals surface area contributed by atoms with Gasteiger partial charge in [-0.3, -0.25) is 0 Å². The Morgan fingerprint density at radius 1 is 1.43 bits per heavy atom. The summed E-state index contributed by atoms with van der Waals surface area (Å²) in [7, 11) is -0.812. The van der Waals surface area contributed by atoms with Gasteiger partial charge in [0.05, 0.1) is 5.56 Å². The topological polar surface area (TPSA) is 38.9 Å². The number of halogens is 1. The van der Waals surface area contributed by atoms with E-state index in [1.807, 2.05) is 6.07 Å². The lowest BCUT2D eigenvalue weighted by molar-refractivity contribution is 1.30. The van der Waals surface area contributed by atoms with Gasteiger partial charge in [0.15, 0.2) is 0 Å². The van der Waals surface area contributed by atoms with E-state index in [9.17, 15) is 0 Å². The minimum Gasteiger partial charge on any atom is -0.383 e. The first kappa shape index (κ1) is 11.4. The number of aromatic nitrogens is 1. The number of pyridine rings is 1. The Morgan fingerprint density at radius 3 is 2.64 bits per heavy atom. The molecule has 0 spiro atoms. The van der Waals surface area contributed by atoms with E-state index >= 15 is 0 Å². The van der Waals surface area contributed by atoms with Crippen molar-refractivity contribution in [1.29, 1.82) is 0 Å². The highest BCUT2D eigenvalue weighted by Crippen LogP contribution is 2.32. The van der Waals surface area contributed by atoms with Crippen molar-refractivity contribution in [3.63, 3.8) is 0 Å². The summed E-state index contributed by atoms with van der Waals surface area (Å²) in [6.07, 6.45) is 8.09. The van der Waals surface area contributed by atoms with E-state index in [1.165, 1.54) is 0 Å². The van der Waals surface area contributed by atoms with Crippen LogP contribution in [0.4, 0.5) is 5.82 Å². The molecule has 0 aliphatic rings. The molecule has 0 aliphatic heterocycles. The molecule has 76 valence electrons. The highest BCUT2D eigenvalue weighted by atomic mass is 79.9. The summed E-state index contributed by atoms with van der Waals surface area (Å²) >= 11 is 3.34. The number of hydrogen-bond acceptors (Lipinski definition) is 2. The number of anilines is 1. The maximum Gasteiger partial charge on any atom is 0.139 e. The van der Waals surface area contributed by atoms with Crippen molar-refractivity contribution in [3.8, 4) is 11.2 Å². The van der Waals surface area contributed by atoms with E-state index < -0.39 is 10.0 Å². The fourth-order valence-electron chi connectivity index (χ4n) is 0.758. The highest BCUT2D eigenvalue weighted by molar-refractivity contribution is 9.10. The zero-order valence-electron chi connectivity index (χ0n) is 8.47. The molecule has 4 heteroatoms. The molecule has 0 fully saturated rings. The largest absolute Gasteiger partial charge is 0.383 e. The Hall–Kier alpha value is -0.660. The third-order valence-electron chi connectivity index (χ3n) is 1.38. The van der Waals surface area contributed by atoms with E-state index in [4.69, 9.17) is 5.73 Å². The summed E-state index contributed by atoms with van der Waals surface area (Å²) in [5.74, 6) is 3.55. The van der Waals surface area contributed by atoms with Crippen molar-refractivity contribution in [1.82, 2.24) is 4.98 Å². The van der Waals surface area contributed by atoms with E-state index in [-0.39, 0.29) is 0 Å². The molecule has 0 atom stereocenters. The molecule has 0 unspecified atom stereocenters. The van der Waals surface area contributed by atoms with Crippen LogP contribution in [0.25, 0.3) is 0 Å². The molecule has 0 saturated heterocycles. The molecule has 1 heterocycles. The van der Waals surface area contributed by atoms with Gasteiger partial charge in [-0.05, 0) is 46.0 Å². The maximum absolute atomic E-state index is 5.69. The molecule has 0 radical (unpaired) electrons. The Morgan fingerprint density at radius 2 is 2.07 bits per heavy atom. The van der Waals surface area contributed by atoms with Gasteiger partial charge in [-0.1, -0.05) is 5.92 Å². The van der Waals surface area contributed by atoms with Gasteiger partial charge in [-0.2, -0.15) is 10.0 Å². The van der Waals surface area contributed by atoms with Crippen molar-refractivity contribution < 1.29 is 0 Å². The normalized spacial score (nSPS) is 11.7. The molecular formula is C10H13BrN2S. The molecule has 1 aromatic heterocycles. The molecule has 1 aromatic rings. The van der Waals surface area contributed by atoms with Crippen LogP contribution >= 0.6 is 26.0 Å². The first-order valence-corrected chi connectivity index (χ1v) is 7.66. The summed E-state index contributed by atoms with van der Waals surface area (Å²) in [6.45, 7) is 0. The summed E-state index contributed by atoms with van der Waals surface area (Å²) in [5.41, 5.74) is 6.49. The van der Waals surface area contributed by atoms with Crippen LogP contribution in [0.5, 0.6) is 0 Å². The van der Waals surface area contributed by atoms with Crippen LogP contribution in [0.3, 0.4) is 0 Å². The Kier molecular flexibility index (Phi) is 3.46. The van der Waals surface area contributed by atoms with Gasteiger partial charge < -0.3 is 5.73 Å². The highest BCUT2D eigenvalue weighted by Gasteiger charge is 2.00. The first-order chi connectivity index (χ1) is 6.38. The van der Waals surface area contributed by atoms with Crippen LogP contribution in [0.2, 0.25) is 0 Å². The lowest BCUT2D eigenvalue weighted by Gasteiger charge is -2.14. The van der Waals surface area contributed by atoms with E-state index in [0.717, 1.165) is 10.0 Å². The molecule has 0 aliphatic carbocycles. The average molecular weight is 273 g/mol. The molecule has 0 bridgehead atoms. The van der Waals surface area contributed by atoms with Crippen molar-refractivity contribution in [2.75, 3.05) is 24.5 Å². The third kappa shape index (κ3) is 3.60. The molecule has 1 rings (SSSR count). The molecule has 0 saturated carbocycles. The predicted octanol–water partition coefficient (Wildman–Crippen LogP) is 2.43. The molecule has 0 aromatic carbocycles. The van der Waals surface area contributed by atoms with Crippen LogP contribution in [0.15, 0.2) is 16.7 Å². The summed E-state index contributed by atoms with van der Waals surface area (Å²) < 4.78 is 0.903. The zero-order valence-corrected chi connectivity index (χ0v) is 10.9. The number of nitrogens with two attached hydrogens (primary N) is 1. The molecule has 0 amide bonds. The van der Waals surface area contributed by atoms with Crippen molar-refractivity contribution in [3.05, 3.63) is 22.3 Å². The van der Waals surface area contributed by atoms with Crippen molar-refractivity contribution in [2.24, 2.45) is 0 Å². The molecule has 2 N–H and O–H groups in total. The van der Waals surface area contributed by atoms with Gasteiger partial charge in [0.1, 0.15) is 5.82 Å². The molecule has 2 nitrogen and oxygen atoms in total. The first-order valence-electron chi connectivity index (χ1n) is 4.00. The lowest BCUT2D eigenvalue weighted by atomic mass is 10.3. The van der Waals surface area contributed by atoms with Crippen LogP contribution in [-0.2, 0) is 0 Å². The Labute approximate surface area is 94.7 Å². The lowest BCUT2D eigenvalue weighted by Crippen LogP contribution is -1.94. The number of hydrogen-bond donors (Lipinski definition) is 1. The second kappa shape index (κ2) is 4.24. The smallest absolute Gasteiger partial charge is 0.139 e. The zero-order chi connectivity index (χ0) is 10.8. The van der Waals surface area contributed by atoms with Crippen LogP contribution < -0.4 is 5.73 Å². The van der Waals surface area contributed by atoms with E-state index in [0.29, 0.717) is 5.82 Å². The summed E-state index contributed by atoms with van der Waals surface area (Å²) in [6, 6.07) is 1.89. The van der Waals surface area contributed by atoms with Crippen molar-refractivity contribution >= 4 is 31.8 Å². The second-order valence-electron chi connectivity index (χ2n) is 3.65. The van der Waals surface area contributed by atoms with E-state index in [1.54, 1.807) is 6.20 Å². The van der Waals surface area contributed by atoms with Gasteiger partial charge in [-0.15, -0.1) is 0 Å². The number of rotatable bonds is 0. The van der Waals surface area contributed by atoms with Gasteiger partial charge in [0, 0.05) is 10.7 Å². The minimum atomic E-state index is -0.812. The second-order valence-corrected chi connectivity index (χ2v) is 8.44. The standard InChI is InChI=1S/C10H13BrN2S/c1-14(2,3)5-4-8-6-9(11)7-13-10(8)12/h6-7H,1-3H3,(H2,12,13). The maximum atomic E-state index is 5.69. The molecule has 14 heavy (non-hydrogen) atoms. The number of nitrogen functional groups attached to an aromatic ring is 1. The fourth-order valence-corrected chi connectivity index (χ4v) is 1.51.